The molecule has 0 aromatic heterocycles. The molecule has 2 N–H and O–H groups in total. The van der Waals surface area contributed by atoms with Crippen molar-refractivity contribution < 1.29 is 4.39 Å². The molecular weight excluding hydrogens is 249 g/mol. The molecule has 2 aromatic carbocycles. The smallest absolute Gasteiger partial charge is 0.128 e. The molecule has 0 bridgehead atoms. The summed E-state index contributed by atoms with van der Waals surface area (Å²) in [6.45, 7) is 8.38. The summed E-state index contributed by atoms with van der Waals surface area (Å²) in [6.07, 6.45) is 0. The number of nitrogens with two attached hydrogens (primary N) is 1. The Bertz CT molecular complexity index is 594. The third kappa shape index (κ3) is 3.07. The summed E-state index contributed by atoms with van der Waals surface area (Å²) in [6, 6.07) is 12.9. The lowest BCUT2D eigenvalue weighted by atomic mass is 9.86. The standard InChI is InChI=1S/C18H22FN/c1-12-5-10-15(16(19)11-12)17(20)13-6-8-14(9-7-13)18(2,3)4/h5-11,17H,20H2,1-4H3. The minimum absolute atomic E-state index is 0.109. The number of aryl methyl sites for hydroxylation is 1. The van der Waals surface area contributed by atoms with Crippen molar-refractivity contribution in [2.75, 3.05) is 0 Å². The zero-order valence-corrected chi connectivity index (χ0v) is 12.6. The van der Waals surface area contributed by atoms with Gasteiger partial charge in [0.1, 0.15) is 5.82 Å². The molecule has 0 heterocycles. The number of halogens is 1. The summed E-state index contributed by atoms with van der Waals surface area (Å²) in [5.74, 6) is -0.239. The molecule has 0 aliphatic rings. The summed E-state index contributed by atoms with van der Waals surface area (Å²) in [4.78, 5) is 0. The molecule has 1 nitrogen and oxygen atoms in total. The van der Waals surface area contributed by atoms with Crippen molar-refractivity contribution in [1.82, 2.24) is 0 Å². The van der Waals surface area contributed by atoms with Crippen LogP contribution in [0.15, 0.2) is 42.5 Å². The van der Waals surface area contributed by atoms with Crippen molar-refractivity contribution in [3.05, 3.63) is 70.5 Å². The van der Waals surface area contributed by atoms with Crippen LogP contribution in [0, 0.1) is 12.7 Å². The van der Waals surface area contributed by atoms with Gasteiger partial charge in [0.2, 0.25) is 0 Å². The molecule has 1 unspecified atom stereocenters. The van der Waals surface area contributed by atoms with Crippen LogP contribution in [0.3, 0.4) is 0 Å². The molecule has 0 spiro atoms. The summed E-state index contributed by atoms with van der Waals surface area (Å²) in [5.41, 5.74) is 9.92. The van der Waals surface area contributed by atoms with E-state index in [1.54, 1.807) is 6.07 Å². The minimum atomic E-state index is -0.426. The van der Waals surface area contributed by atoms with Crippen LogP contribution < -0.4 is 5.73 Å². The van der Waals surface area contributed by atoms with Gasteiger partial charge in [0.25, 0.3) is 0 Å². The molecule has 0 saturated heterocycles. The fourth-order valence-electron chi connectivity index (χ4n) is 2.25. The van der Waals surface area contributed by atoms with Crippen LogP contribution in [0.4, 0.5) is 4.39 Å². The van der Waals surface area contributed by atoms with Gasteiger partial charge in [-0.15, -0.1) is 0 Å². The molecule has 106 valence electrons. The normalized spacial score (nSPS) is 13.3. The van der Waals surface area contributed by atoms with Crippen LogP contribution in [-0.2, 0) is 5.41 Å². The monoisotopic (exact) mass is 271 g/mol. The van der Waals surface area contributed by atoms with E-state index in [4.69, 9.17) is 5.73 Å². The second kappa shape index (κ2) is 5.37. The van der Waals surface area contributed by atoms with E-state index in [1.165, 1.54) is 11.6 Å². The molecule has 2 heteroatoms. The maximum absolute atomic E-state index is 14.0. The number of rotatable bonds is 2. The van der Waals surface area contributed by atoms with E-state index in [2.05, 4.69) is 32.9 Å². The van der Waals surface area contributed by atoms with E-state index >= 15 is 0 Å². The first kappa shape index (κ1) is 14.7. The van der Waals surface area contributed by atoms with Gasteiger partial charge in [0.05, 0.1) is 6.04 Å². The van der Waals surface area contributed by atoms with Crippen molar-refractivity contribution in [2.45, 2.75) is 39.2 Å². The summed E-state index contributed by atoms with van der Waals surface area (Å²) in [7, 11) is 0. The predicted molar refractivity (Wildman–Crippen MR) is 82.3 cm³/mol. The van der Waals surface area contributed by atoms with Crippen molar-refractivity contribution in [3.8, 4) is 0 Å². The van der Waals surface area contributed by atoms with E-state index in [9.17, 15) is 4.39 Å². The second-order valence-corrected chi connectivity index (χ2v) is 6.37. The Morgan fingerprint density at radius 3 is 2.10 bits per heavy atom. The van der Waals surface area contributed by atoms with Crippen LogP contribution in [-0.4, -0.2) is 0 Å². The summed E-state index contributed by atoms with van der Waals surface area (Å²) in [5, 5.41) is 0. The molecule has 0 aliphatic heterocycles. The van der Waals surface area contributed by atoms with Gasteiger partial charge in [-0.25, -0.2) is 4.39 Å². The van der Waals surface area contributed by atoms with Gasteiger partial charge in [-0.05, 0) is 35.1 Å². The Balaban J connectivity index is 2.31. The highest BCUT2D eigenvalue weighted by Crippen LogP contribution is 2.26. The van der Waals surface area contributed by atoms with E-state index in [-0.39, 0.29) is 11.2 Å². The number of hydrogen-bond acceptors (Lipinski definition) is 1. The number of benzene rings is 2. The van der Waals surface area contributed by atoms with Gasteiger partial charge >= 0.3 is 0 Å². The molecule has 1 atom stereocenters. The molecule has 20 heavy (non-hydrogen) atoms. The van der Waals surface area contributed by atoms with Gasteiger partial charge < -0.3 is 5.73 Å². The Morgan fingerprint density at radius 2 is 1.60 bits per heavy atom. The summed E-state index contributed by atoms with van der Waals surface area (Å²) < 4.78 is 14.0. The predicted octanol–water partition coefficient (Wildman–Crippen LogP) is 4.48. The molecule has 2 aromatic rings. The fourth-order valence-corrected chi connectivity index (χ4v) is 2.25. The average Bonchev–Trinajstić information content (AvgIpc) is 2.37. The lowest BCUT2D eigenvalue weighted by Gasteiger charge is -2.20. The molecule has 0 saturated carbocycles. The van der Waals surface area contributed by atoms with Crippen molar-refractivity contribution in [1.29, 1.82) is 0 Å². The maximum atomic E-state index is 14.0. The van der Waals surface area contributed by atoms with E-state index < -0.39 is 6.04 Å². The highest BCUT2D eigenvalue weighted by atomic mass is 19.1. The Morgan fingerprint density at radius 1 is 1.00 bits per heavy atom. The first-order valence-corrected chi connectivity index (χ1v) is 6.91. The first-order chi connectivity index (χ1) is 9.29. The van der Waals surface area contributed by atoms with Gasteiger partial charge in [0, 0.05) is 5.56 Å². The van der Waals surface area contributed by atoms with Crippen LogP contribution >= 0.6 is 0 Å². The Labute approximate surface area is 120 Å². The van der Waals surface area contributed by atoms with Crippen LogP contribution in [0.5, 0.6) is 0 Å². The van der Waals surface area contributed by atoms with Crippen LogP contribution in [0.1, 0.15) is 49.1 Å². The molecule has 0 amide bonds. The third-order valence-corrected chi connectivity index (χ3v) is 3.63. The molecular formula is C18H22FN. The van der Waals surface area contributed by atoms with Crippen LogP contribution in [0.2, 0.25) is 0 Å². The lowest BCUT2D eigenvalue weighted by molar-refractivity contribution is 0.588. The van der Waals surface area contributed by atoms with Crippen LogP contribution in [0.25, 0.3) is 0 Å². The molecule has 0 fully saturated rings. The fraction of sp³-hybridized carbons (Fsp3) is 0.333. The van der Waals surface area contributed by atoms with Crippen molar-refractivity contribution >= 4 is 0 Å². The molecule has 2 rings (SSSR count). The lowest BCUT2D eigenvalue weighted by Crippen LogP contribution is -2.15. The molecule has 0 aliphatic carbocycles. The highest BCUT2D eigenvalue weighted by molar-refractivity contribution is 5.36. The largest absolute Gasteiger partial charge is 0.320 e. The summed E-state index contributed by atoms with van der Waals surface area (Å²) >= 11 is 0. The first-order valence-electron chi connectivity index (χ1n) is 6.91. The van der Waals surface area contributed by atoms with Crippen molar-refractivity contribution in [2.24, 2.45) is 5.73 Å². The Hall–Kier alpha value is -1.67. The molecule has 0 radical (unpaired) electrons. The van der Waals surface area contributed by atoms with Gasteiger partial charge in [-0.2, -0.15) is 0 Å². The highest BCUT2D eigenvalue weighted by Gasteiger charge is 2.16. The quantitative estimate of drug-likeness (QED) is 0.856. The Kier molecular flexibility index (Phi) is 3.96. The van der Waals surface area contributed by atoms with E-state index in [0.717, 1.165) is 11.1 Å². The SMILES string of the molecule is Cc1ccc(C(N)c2ccc(C(C)(C)C)cc2)c(F)c1. The van der Waals surface area contributed by atoms with E-state index in [1.807, 2.05) is 25.1 Å². The maximum Gasteiger partial charge on any atom is 0.128 e. The van der Waals surface area contributed by atoms with Gasteiger partial charge in [-0.1, -0.05) is 57.2 Å². The zero-order valence-electron chi connectivity index (χ0n) is 12.6. The third-order valence-electron chi connectivity index (χ3n) is 3.63. The second-order valence-electron chi connectivity index (χ2n) is 6.37. The topological polar surface area (TPSA) is 26.0 Å². The average molecular weight is 271 g/mol. The minimum Gasteiger partial charge on any atom is -0.320 e. The number of hydrogen-bond donors (Lipinski definition) is 1. The van der Waals surface area contributed by atoms with Gasteiger partial charge in [-0.3, -0.25) is 0 Å². The van der Waals surface area contributed by atoms with Crippen molar-refractivity contribution in [3.63, 3.8) is 0 Å². The van der Waals surface area contributed by atoms with E-state index in [0.29, 0.717) is 5.56 Å². The zero-order chi connectivity index (χ0) is 14.9. The van der Waals surface area contributed by atoms with Gasteiger partial charge in [0.15, 0.2) is 0 Å².